The maximum atomic E-state index is 6.12. The molecule has 0 saturated heterocycles. The minimum Gasteiger partial charge on any atom is -0.493 e. The summed E-state index contributed by atoms with van der Waals surface area (Å²) in [6, 6.07) is 8.31. The average molecular weight is 260 g/mol. The zero-order chi connectivity index (χ0) is 13.9. The van der Waals surface area contributed by atoms with E-state index in [0.717, 1.165) is 12.4 Å². The summed E-state index contributed by atoms with van der Waals surface area (Å²) in [6.07, 6.45) is 6.85. The minimum absolute atomic E-state index is 0.232. The molecule has 1 aliphatic carbocycles. The number of benzene rings is 1. The monoisotopic (exact) mass is 260 g/mol. The minimum atomic E-state index is 0.232. The molecule has 0 N–H and O–H groups in total. The summed E-state index contributed by atoms with van der Waals surface area (Å²) >= 11 is 0. The standard InChI is InChI=1S/C18H28O/c1-15-10-6-7-11-16(15)19-14-17(2,3)18(4)12-8-5-9-13-18/h6-7,10-11H,5,8-9,12-14H2,1-4H3. The van der Waals surface area contributed by atoms with Crippen molar-refractivity contribution in [3.63, 3.8) is 0 Å². The fourth-order valence-corrected chi connectivity index (χ4v) is 3.16. The molecule has 1 heteroatoms. The molecule has 0 radical (unpaired) electrons. The van der Waals surface area contributed by atoms with Crippen molar-refractivity contribution in [1.29, 1.82) is 0 Å². The highest BCUT2D eigenvalue weighted by Gasteiger charge is 2.42. The van der Waals surface area contributed by atoms with Gasteiger partial charge in [-0.15, -0.1) is 0 Å². The molecule has 0 spiro atoms. The molecule has 0 bridgehead atoms. The van der Waals surface area contributed by atoms with Gasteiger partial charge in [0, 0.05) is 5.41 Å². The SMILES string of the molecule is Cc1ccccc1OCC(C)(C)C1(C)CCCCC1. The lowest BCUT2D eigenvalue weighted by Crippen LogP contribution is -2.41. The zero-order valence-corrected chi connectivity index (χ0v) is 13.0. The summed E-state index contributed by atoms with van der Waals surface area (Å²) < 4.78 is 6.12. The van der Waals surface area contributed by atoms with Gasteiger partial charge in [0.15, 0.2) is 0 Å². The van der Waals surface area contributed by atoms with E-state index in [1.807, 2.05) is 0 Å². The summed E-state index contributed by atoms with van der Waals surface area (Å²) in [6.45, 7) is 10.1. The van der Waals surface area contributed by atoms with Crippen molar-refractivity contribution in [1.82, 2.24) is 0 Å². The Hall–Kier alpha value is -0.980. The predicted octanol–water partition coefficient (Wildman–Crippen LogP) is 5.37. The normalized spacial score (nSPS) is 19.2. The number of ether oxygens (including phenoxy) is 1. The van der Waals surface area contributed by atoms with Crippen molar-refractivity contribution in [2.24, 2.45) is 10.8 Å². The number of rotatable bonds is 4. The first-order chi connectivity index (χ1) is 8.95. The third kappa shape index (κ3) is 3.13. The van der Waals surface area contributed by atoms with Crippen molar-refractivity contribution in [3.8, 4) is 5.75 Å². The van der Waals surface area contributed by atoms with Gasteiger partial charge < -0.3 is 4.74 Å². The molecular formula is C18H28O. The molecule has 0 aliphatic heterocycles. The van der Waals surface area contributed by atoms with Gasteiger partial charge in [-0.3, -0.25) is 0 Å². The van der Waals surface area contributed by atoms with E-state index in [0.29, 0.717) is 5.41 Å². The highest BCUT2D eigenvalue weighted by Crippen LogP contribution is 2.49. The molecule has 1 saturated carbocycles. The van der Waals surface area contributed by atoms with Crippen molar-refractivity contribution in [3.05, 3.63) is 29.8 Å². The number of para-hydroxylation sites is 1. The van der Waals surface area contributed by atoms with Crippen LogP contribution in [-0.4, -0.2) is 6.61 Å². The Morgan fingerprint density at radius 2 is 1.74 bits per heavy atom. The fourth-order valence-electron chi connectivity index (χ4n) is 3.16. The Labute approximate surface area is 118 Å². The molecule has 0 atom stereocenters. The van der Waals surface area contributed by atoms with Gasteiger partial charge in [0.2, 0.25) is 0 Å². The van der Waals surface area contributed by atoms with Gasteiger partial charge in [-0.05, 0) is 36.8 Å². The van der Waals surface area contributed by atoms with Gasteiger partial charge in [-0.1, -0.05) is 58.2 Å². The van der Waals surface area contributed by atoms with Crippen LogP contribution >= 0.6 is 0 Å². The Morgan fingerprint density at radius 1 is 1.11 bits per heavy atom. The molecule has 1 aromatic rings. The van der Waals surface area contributed by atoms with Crippen LogP contribution in [0.2, 0.25) is 0 Å². The van der Waals surface area contributed by atoms with Crippen LogP contribution in [0.4, 0.5) is 0 Å². The van der Waals surface area contributed by atoms with Gasteiger partial charge in [-0.2, -0.15) is 0 Å². The maximum Gasteiger partial charge on any atom is 0.122 e. The van der Waals surface area contributed by atoms with E-state index in [1.54, 1.807) is 0 Å². The molecule has 1 fully saturated rings. The second-order valence-electron chi connectivity index (χ2n) is 7.06. The molecule has 19 heavy (non-hydrogen) atoms. The first-order valence-electron chi connectivity index (χ1n) is 7.63. The largest absolute Gasteiger partial charge is 0.493 e. The lowest BCUT2D eigenvalue weighted by molar-refractivity contribution is 0.00353. The number of aryl methyl sites for hydroxylation is 1. The second-order valence-corrected chi connectivity index (χ2v) is 7.06. The molecule has 0 amide bonds. The Balaban J connectivity index is 2.03. The summed E-state index contributed by atoms with van der Waals surface area (Å²) in [5, 5.41) is 0. The Kier molecular flexibility index (Phi) is 4.23. The average Bonchev–Trinajstić information content (AvgIpc) is 2.38. The third-order valence-corrected chi connectivity index (χ3v) is 5.27. The van der Waals surface area contributed by atoms with E-state index in [9.17, 15) is 0 Å². The van der Waals surface area contributed by atoms with Gasteiger partial charge in [0.05, 0.1) is 6.61 Å². The predicted molar refractivity (Wildman–Crippen MR) is 81.6 cm³/mol. The van der Waals surface area contributed by atoms with Crippen LogP contribution in [0.3, 0.4) is 0 Å². The lowest BCUT2D eigenvalue weighted by Gasteiger charge is -2.46. The molecule has 1 aliphatic rings. The van der Waals surface area contributed by atoms with Crippen molar-refractivity contribution in [2.75, 3.05) is 6.61 Å². The van der Waals surface area contributed by atoms with Crippen LogP contribution < -0.4 is 4.74 Å². The van der Waals surface area contributed by atoms with Gasteiger partial charge >= 0.3 is 0 Å². The second kappa shape index (κ2) is 5.56. The van der Waals surface area contributed by atoms with E-state index in [-0.39, 0.29) is 5.41 Å². The summed E-state index contributed by atoms with van der Waals surface area (Å²) in [7, 11) is 0. The zero-order valence-electron chi connectivity index (χ0n) is 13.0. The summed E-state index contributed by atoms with van der Waals surface area (Å²) in [5.74, 6) is 1.04. The molecule has 106 valence electrons. The molecule has 0 heterocycles. The van der Waals surface area contributed by atoms with Crippen LogP contribution in [0.5, 0.6) is 5.75 Å². The van der Waals surface area contributed by atoms with Crippen molar-refractivity contribution < 1.29 is 4.74 Å². The van der Waals surface area contributed by atoms with Crippen molar-refractivity contribution in [2.45, 2.75) is 59.8 Å². The molecular weight excluding hydrogens is 232 g/mol. The number of hydrogen-bond donors (Lipinski definition) is 0. The van der Waals surface area contributed by atoms with Gasteiger partial charge in [0.1, 0.15) is 5.75 Å². The molecule has 0 unspecified atom stereocenters. The molecule has 1 aromatic carbocycles. The first-order valence-corrected chi connectivity index (χ1v) is 7.63. The molecule has 0 aromatic heterocycles. The molecule has 1 nitrogen and oxygen atoms in total. The first kappa shape index (κ1) is 14.4. The van der Waals surface area contributed by atoms with Crippen LogP contribution in [0.1, 0.15) is 58.4 Å². The van der Waals surface area contributed by atoms with E-state index in [4.69, 9.17) is 4.74 Å². The van der Waals surface area contributed by atoms with E-state index < -0.39 is 0 Å². The highest BCUT2D eigenvalue weighted by molar-refractivity contribution is 5.31. The highest BCUT2D eigenvalue weighted by atomic mass is 16.5. The van der Waals surface area contributed by atoms with Crippen LogP contribution in [-0.2, 0) is 0 Å². The maximum absolute atomic E-state index is 6.12. The van der Waals surface area contributed by atoms with Gasteiger partial charge in [0.25, 0.3) is 0 Å². The van der Waals surface area contributed by atoms with E-state index >= 15 is 0 Å². The smallest absolute Gasteiger partial charge is 0.122 e. The quantitative estimate of drug-likeness (QED) is 0.707. The van der Waals surface area contributed by atoms with E-state index in [2.05, 4.69) is 52.0 Å². The lowest BCUT2D eigenvalue weighted by atomic mass is 9.60. The van der Waals surface area contributed by atoms with E-state index in [1.165, 1.54) is 37.7 Å². The Bertz CT molecular complexity index is 413. The van der Waals surface area contributed by atoms with Crippen LogP contribution in [0, 0.1) is 17.8 Å². The summed E-state index contributed by atoms with van der Waals surface area (Å²) in [4.78, 5) is 0. The number of hydrogen-bond acceptors (Lipinski definition) is 1. The van der Waals surface area contributed by atoms with Crippen LogP contribution in [0.15, 0.2) is 24.3 Å². The van der Waals surface area contributed by atoms with Crippen molar-refractivity contribution >= 4 is 0 Å². The fraction of sp³-hybridized carbons (Fsp3) is 0.667. The van der Waals surface area contributed by atoms with Gasteiger partial charge in [-0.25, -0.2) is 0 Å². The third-order valence-electron chi connectivity index (χ3n) is 5.27. The Morgan fingerprint density at radius 3 is 2.37 bits per heavy atom. The topological polar surface area (TPSA) is 9.23 Å². The summed E-state index contributed by atoms with van der Waals surface area (Å²) in [5.41, 5.74) is 1.89. The van der Waals surface area contributed by atoms with Crippen LogP contribution in [0.25, 0.3) is 0 Å². The molecule has 2 rings (SSSR count).